The van der Waals surface area contributed by atoms with Gasteiger partial charge in [0.25, 0.3) is 5.91 Å². The summed E-state index contributed by atoms with van der Waals surface area (Å²) in [6.07, 6.45) is 0.958. The average Bonchev–Trinajstić information content (AvgIpc) is 3.14. The van der Waals surface area contributed by atoms with E-state index in [9.17, 15) is 13.2 Å². The van der Waals surface area contributed by atoms with E-state index in [4.69, 9.17) is 0 Å². The second-order valence-electron chi connectivity index (χ2n) is 8.53. The molecule has 3 rings (SSSR count). The maximum atomic E-state index is 12.8. The van der Waals surface area contributed by atoms with E-state index in [1.807, 2.05) is 4.90 Å². The van der Waals surface area contributed by atoms with Gasteiger partial charge < -0.3 is 4.90 Å². The lowest BCUT2D eigenvalue weighted by Gasteiger charge is -2.34. The van der Waals surface area contributed by atoms with Crippen molar-refractivity contribution in [1.82, 2.24) is 19.5 Å². The van der Waals surface area contributed by atoms with Gasteiger partial charge in [-0.2, -0.15) is 0 Å². The molecule has 7 nitrogen and oxygen atoms in total. The SMILES string of the molecule is CCc1nc(CN2CCN(C(=O)c3ccc(S(=O)(=O)NC(C)(C)C)cc3)CC2)cs1. The van der Waals surface area contributed by atoms with Crippen molar-refractivity contribution in [1.29, 1.82) is 0 Å². The summed E-state index contributed by atoms with van der Waals surface area (Å²) in [5, 5.41) is 3.27. The quantitative estimate of drug-likeness (QED) is 0.732. The molecule has 1 aliphatic rings. The summed E-state index contributed by atoms with van der Waals surface area (Å²) in [6.45, 7) is 11.2. The summed E-state index contributed by atoms with van der Waals surface area (Å²) < 4.78 is 27.5. The normalized spacial score (nSPS) is 16.1. The van der Waals surface area contributed by atoms with Crippen LogP contribution in [0.4, 0.5) is 0 Å². The Morgan fingerprint density at radius 1 is 1.13 bits per heavy atom. The zero-order valence-corrected chi connectivity index (χ0v) is 19.6. The van der Waals surface area contributed by atoms with Crippen LogP contribution in [0.25, 0.3) is 0 Å². The van der Waals surface area contributed by atoms with Crippen molar-refractivity contribution in [2.45, 2.75) is 51.1 Å². The molecule has 1 fully saturated rings. The third-order valence-corrected chi connectivity index (χ3v) is 7.61. The molecular formula is C21H30N4O3S2. The molecule has 1 amide bonds. The van der Waals surface area contributed by atoms with Crippen LogP contribution in [0.1, 0.15) is 48.8 Å². The van der Waals surface area contributed by atoms with Crippen molar-refractivity contribution in [3.05, 3.63) is 45.9 Å². The van der Waals surface area contributed by atoms with Gasteiger partial charge in [-0.25, -0.2) is 18.1 Å². The Hall–Kier alpha value is -1.81. The highest BCUT2D eigenvalue weighted by atomic mass is 32.2. The molecule has 0 aliphatic carbocycles. The van der Waals surface area contributed by atoms with Gasteiger partial charge in [-0.1, -0.05) is 6.92 Å². The zero-order valence-electron chi connectivity index (χ0n) is 18.0. The van der Waals surface area contributed by atoms with E-state index in [2.05, 4.69) is 26.9 Å². The van der Waals surface area contributed by atoms with Crippen molar-refractivity contribution >= 4 is 27.3 Å². The van der Waals surface area contributed by atoms with E-state index in [-0.39, 0.29) is 10.8 Å². The largest absolute Gasteiger partial charge is 0.336 e. The van der Waals surface area contributed by atoms with Crippen LogP contribution in [-0.4, -0.2) is 60.8 Å². The third kappa shape index (κ3) is 5.87. The molecule has 2 aromatic rings. The number of carbonyl (C=O) groups excluding carboxylic acids is 1. The number of sulfonamides is 1. The summed E-state index contributed by atoms with van der Waals surface area (Å²) in [4.78, 5) is 21.7. The molecule has 1 aliphatic heterocycles. The maximum Gasteiger partial charge on any atom is 0.253 e. The van der Waals surface area contributed by atoms with Crippen LogP contribution in [0.5, 0.6) is 0 Å². The third-order valence-electron chi connectivity index (χ3n) is 4.80. The van der Waals surface area contributed by atoms with Gasteiger partial charge in [0.05, 0.1) is 15.6 Å². The Morgan fingerprint density at radius 3 is 2.30 bits per heavy atom. The predicted molar refractivity (Wildman–Crippen MR) is 119 cm³/mol. The predicted octanol–water partition coefficient (Wildman–Crippen LogP) is 2.74. The van der Waals surface area contributed by atoms with Crippen LogP contribution in [0.15, 0.2) is 34.5 Å². The molecule has 1 aromatic heterocycles. The minimum Gasteiger partial charge on any atom is -0.336 e. The van der Waals surface area contributed by atoms with Gasteiger partial charge in [0.15, 0.2) is 0 Å². The molecule has 164 valence electrons. The number of amides is 1. The van der Waals surface area contributed by atoms with Crippen LogP contribution in [0.3, 0.4) is 0 Å². The molecular weight excluding hydrogens is 420 g/mol. The van der Waals surface area contributed by atoms with Crippen molar-refractivity contribution in [2.75, 3.05) is 26.2 Å². The first-order valence-electron chi connectivity index (χ1n) is 10.2. The minimum absolute atomic E-state index is 0.0655. The molecule has 0 unspecified atom stereocenters. The van der Waals surface area contributed by atoms with Crippen LogP contribution in [0.2, 0.25) is 0 Å². The molecule has 0 spiro atoms. The molecule has 1 saturated heterocycles. The fourth-order valence-electron chi connectivity index (χ4n) is 3.34. The van der Waals surface area contributed by atoms with Crippen LogP contribution < -0.4 is 4.72 Å². The van der Waals surface area contributed by atoms with Gasteiger partial charge in [0, 0.05) is 49.2 Å². The first kappa shape index (κ1) is 22.9. The Balaban J connectivity index is 1.57. The van der Waals surface area contributed by atoms with E-state index < -0.39 is 15.6 Å². The topological polar surface area (TPSA) is 82.6 Å². The summed E-state index contributed by atoms with van der Waals surface area (Å²) in [7, 11) is -3.61. The number of piperazine rings is 1. The van der Waals surface area contributed by atoms with E-state index in [0.717, 1.165) is 36.8 Å². The van der Waals surface area contributed by atoms with Crippen molar-refractivity contribution in [3.8, 4) is 0 Å². The number of rotatable bonds is 6. The van der Waals surface area contributed by atoms with Crippen molar-refractivity contribution < 1.29 is 13.2 Å². The number of nitrogens with zero attached hydrogens (tertiary/aromatic N) is 3. The second-order valence-corrected chi connectivity index (χ2v) is 11.2. The standard InChI is InChI=1S/C21H30N4O3S2/c1-5-19-22-17(15-29-19)14-24-10-12-25(13-11-24)20(26)16-6-8-18(9-7-16)30(27,28)23-21(2,3)4/h6-9,15,23H,5,10-14H2,1-4H3. The summed E-state index contributed by atoms with van der Waals surface area (Å²) >= 11 is 1.70. The summed E-state index contributed by atoms with van der Waals surface area (Å²) in [5.41, 5.74) is 1.03. The van der Waals surface area contributed by atoms with Crippen molar-refractivity contribution in [2.24, 2.45) is 0 Å². The molecule has 0 bridgehead atoms. The number of hydrogen-bond acceptors (Lipinski definition) is 6. The monoisotopic (exact) mass is 450 g/mol. The number of benzene rings is 1. The first-order chi connectivity index (χ1) is 14.1. The van der Waals surface area contributed by atoms with E-state index in [0.29, 0.717) is 18.7 Å². The Bertz CT molecular complexity index is 970. The van der Waals surface area contributed by atoms with Crippen LogP contribution >= 0.6 is 11.3 Å². The highest BCUT2D eigenvalue weighted by Crippen LogP contribution is 2.17. The molecule has 1 aromatic carbocycles. The fourth-order valence-corrected chi connectivity index (χ4v) is 5.50. The zero-order chi connectivity index (χ0) is 21.9. The van der Waals surface area contributed by atoms with Gasteiger partial charge in [-0.05, 0) is 51.5 Å². The lowest BCUT2D eigenvalue weighted by atomic mass is 10.1. The maximum absolute atomic E-state index is 12.8. The van der Waals surface area contributed by atoms with E-state index in [1.54, 1.807) is 44.2 Å². The molecule has 0 radical (unpaired) electrons. The van der Waals surface area contributed by atoms with Crippen LogP contribution in [-0.2, 0) is 23.0 Å². The molecule has 1 N–H and O–H groups in total. The Kier molecular flexibility index (Phi) is 6.96. The van der Waals surface area contributed by atoms with Crippen LogP contribution in [0, 0.1) is 0 Å². The number of aromatic nitrogens is 1. The molecule has 2 heterocycles. The van der Waals surface area contributed by atoms with Gasteiger partial charge in [0.2, 0.25) is 10.0 Å². The minimum atomic E-state index is -3.61. The lowest BCUT2D eigenvalue weighted by Crippen LogP contribution is -2.48. The summed E-state index contributed by atoms with van der Waals surface area (Å²) in [5.74, 6) is -0.0655. The summed E-state index contributed by atoms with van der Waals surface area (Å²) in [6, 6.07) is 6.16. The lowest BCUT2D eigenvalue weighted by molar-refractivity contribution is 0.0627. The molecule has 30 heavy (non-hydrogen) atoms. The molecule has 9 heteroatoms. The average molecular weight is 451 g/mol. The van der Waals surface area contributed by atoms with E-state index >= 15 is 0 Å². The Labute approximate surface area is 183 Å². The first-order valence-corrected chi connectivity index (χ1v) is 12.5. The van der Waals surface area contributed by atoms with Gasteiger partial charge in [-0.3, -0.25) is 9.69 Å². The van der Waals surface area contributed by atoms with Crippen molar-refractivity contribution in [3.63, 3.8) is 0 Å². The van der Waals surface area contributed by atoms with Gasteiger partial charge in [0.1, 0.15) is 0 Å². The number of carbonyl (C=O) groups is 1. The molecule has 0 atom stereocenters. The molecule has 0 saturated carbocycles. The second kappa shape index (κ2) is 9.13. The van der Waals surface area contributed by atoms with E-state index in [1.165, 1.54) is 12.1 Å². The number of thiazole rings is 1. The number of hydrogen-bond donors (Lipinski definition) is 1. The number of aryl methyl sites for hydroxylation is 1. The Morgan fingerprint density at radius 2 is 1.77 bits per heavy atom. The number of nitrogens with one attached hydrogen (secondary N) is 1. The highest BCUT2D eigenvalue weighted by molar-refractivity contribution is 7.89. The van der Waals surface area contributed by atoms with Gasteiger partial charge >= 0.3 is 0 Å². The van der Waals surface area contributed by atoms with Gasteiger partial charge in [-0.15, -0.1) is 11.3 Å². The highest BCUT2D eigenvalue weighted by Gasteiger charge is 2.25. The fraction of sp³-hybridized carbons (Fsp3) is 0.524. The smallest absolute Gasteiger partial charge is 0.253 e.